The van der Waals surface area contributed by atoms with Gasteiger partial charge in [-0.05, 0) is 41.6 Å². The monoisotopic (exact) mass is 359 g/mol. The van der Waals surface area contributed by atoms with Crippen molar-refractivity contribution in [1.82, 2.24) is 4.90 Å². The molecule has 1 aliphatic heterocycles. The van der Waals surface area contributed by atoms with E-state index in [-0.39, 0.29) is 11.1 Å². The van der Waals surface area contributed by atoms with Crippen LogP contribution in [0.1, 0.15) is 11.1 Å². The molecule has 2 amide bonds. The molecule has 0 unspecified atom stereocenters. The normalized spacial score (nSPS) is 16.1. The van der Waals surface area contributed by atoms with E-state index in [1.807, 2.05) is 48.5 Å². The van der Waals surface area contributed by atoms with Crippen molar-refractivity contribution in [2.24, 2.45) is 0 Å². The van der Waals surface area contributed by atoms with Crippen LogP contribution >= 0.6 is 23.4 Å². The van der Waals surface area contributed by atoms with Gasteiger partial charge in [-0.2, -0.15) is 0 Å². The summed E-state index contributed by atoms with van der Waals surface area (Å²) in [6.45, 7) is 0.386. The number of amides is 2. The maximum absolute atomic E-state index is 12.0. The molecule has 0 radical (unpaired) electrons. The highest BCUT2D eigenvalue weighted by atomic mass is 35.5. The Kier molecular flexibility index (Phi) is 4.92. The van der Waals surface area contributed by atoms with Crippen molar-refractivity contribution >= 4 is 40.6 Å². The Balaban J connectivity index is 1.79. The fourth-order valence-corrected chi connectivity index (χ4v) is 3.10. The summed E-state index contributed by atoms with van der Waals surface area (Å²) in [6, 6.07) is 14.8. The summed E-state index contributed by atoms with van der Waals surface area (Å²) < 4.78 is 5.86. The predicted molar refractivity (Wildman–Crippen MR) is 96.0 cm³/mol. The van der Waals surface area contributed by atoms with Gasteiger partial charge in [0.2, 0.25) is 0 Å². The van der Waals surface area contributed by atoms with Crippen LogP contribution in [0, 0.1) is 0 Å². The molecule has 6 heteroatoms. The van der Waals surface area contributed by atoms with Crippen LogP contribution in [0.15, 0.2) is 53.4 Å². The van der Waals surface area contributed by atoms with E-state index in [9.17, 15) is 9.59 Å². The predicted octanol–water partition coefficient (Wildman–Crippen LogP) is 4.59. The largest absolute Gasteiger partial charge is 0.488 e. The average Bonchev–Trinajstić information content (AvgIpc) is 2.82. The quantitative estimate of drug-likeness (QED) is 0.749. The maximum Gasteiger partial charge on any atom is 0.293 e. The van der Waals surface area contributed by atoms with E-state index >= 15 is 0 Å². The van der Waals surface area contributed by atoms with Gasteiger partial charge in [0.25, 0.3) is 11.1 Å². The number of rotatable bonds is 4. The first-order valence-electron chi connectivity index (χ1n) is 7.22. The average molecular weight is 360 g/mol. The number of benzene rings is 2. The van der Waals surface area contributed by atoms with E-state index in [1.165, 1.54) is 7.05 Å². The molecule has 0 spiro atoms. The van der Waals surface area contributed by atoms with Gasteiger partial charge in [0.1, 0.15) is 12.4 Å². The first kappa shape index (κ1) is 16.6. The van der Waals surface area contributed by atoms with Crippen LogP contribution in [-0.4, -0.2) is 23.1 Å². The van der Waals surface area contributed by atoms with Crippen LogP contribution in [-0.2, 0) is 11.4 Å². The van der Waals surface area contributed by atoms with E-state index in [0.717, 1.165) is 27.8 Å². The van der Waals surface area contributed by atoms with Gasteiger partial charge in [0.15, 0.2) is 0 Å². The Morgan fingerprint density at radius 2 is 1.83 bits per heavy atom. The molecule has 0 aliphatic carbocycles. The number of hydrogen-bond acceptors (Lipinski definition) is 4. The molecule has 1 heterocycles. The topological polar surface area (TPSA) is 46.6 Å². The number of carbonyl (C=O) groups excluding carboxylic acids is 2. The Labute approximate surface area is 149 Å². The summed E-state index contributed by atoms with van der Waals surface area (Å²) >= 11 is 6.80. The summed E-state index contributed by atoms with van der Waals surface area (Å²) in [6.07, 6.45) is 1.69. The number of carbonyl (C=O) groups is 2. The van der Waals surface area contributed by atoms with Crippen molar-refractivity contribution in [3.8, 4) is 5.75 Å². The Bertz CT molecular complexity index is 817. The smallest absolute Gasteiger partial charge is 0.293 e. The van der Waals surface area contributed by atoms with Gasteiger partial charge >= 0.3 is 0 Å². The van der Waals surface area contributed by atoms with Gasteiger partial charge in [0.05, 0.1) is 4.91 Å². The molecular weight excluding hydrogens is 346 g/mol. The zero-order valence-electron chi connectivity index (χ0n) is 12.9. The third-order valence-electron chi connectivity index (χ3n) is 3.50. The minimum absolute atomic E-state index is 0.272. The summed E-state index contributed by atoms with van der Waals surface area (Å²) in [5.41, 5.74) is 1.74. The lowest BCUT2D eigenvalue weighted by molar-refractivity contribution is -0.121. The fraction of sp³-hybridized carbons (Fsp3) is 0.111. The molecule has 0 saturated carbocycles. The lowest BCUT2D eigenvalue weighted by Gasteiger charge is -2.10. The van der Waals surface area contributed by atoms with Gasteiger partial charge in [-0.3, -0.25) is 14.5 Å². The van der Waals surface area contributed by atoms with Gasteiger partial charge in [-0.25, -0.2) is 0 Å². The molecule has 2 aromatic carbocycles. The highest BCUT2D eigenvalue weighted by Crippen LogP contribution is 2.33. The molecule has 0 bridgehead atoms. The van der Waals surface area contributed by atoms with Gasteiger partial charge in [-0.15, -0.1) is 0 Å². The Morgan fingerprint density at radius 3 is 2.50 bits per heavy atom. The molecule has 122 valence electrons. The van der Waals surface area contributed by atoms with Crippen LogP contribution in [0.25, 0.3) is 6.08 Å². The molecule has 1 fully saturated rings. The second-order valence-corrected chi connectivity index (χ2v) is 6.62. The molecule has 3 rings (SSSR count). The van der Waals surface area contributed by atoms with Crippen molar-refractivity contribution < 1.29 is 14.3 Å². The zero-order chi connectivity index (χ0) is 17.1. The van der Waals surface area contributed by atoms with Crippen LogP contribution < -0.4 is 4.74 Å². The lowest BCUT2D eigenvalue weighted by Crippen LogP contribution is -2.22. The van der Waals surface area contributed by atoms with Crippen molar-refractivity contribution in [2.45, 2.75) is 6.61 Å². The highest BCUT2D eigenvalue weighted by molar-refractivity contribution is 8.18. The van der Waals surface area contributed by atoms with Crippen molar-refractivity contribution in [3.05, 3.63) is 69.6 Å². The number of thioether (sulfide) groups is 1. The minimum Gasteiger partial charge on any atom is -0.488 e. The van der Waals surface area contributed by atoms with Crippen LogP contribution in [0.3, 0.4) is 0 Å². The van der Waals surface area contributed by atoms with Crippen LogP contribution in [0.4, 0.5) is 4.79 Å². The molecule has 4 nitrogen and oxygen atoms in total. The summed E-state index contributed by atoms with van der Waals surface area (Å²) in [4.78, 5) is 25.1. The van der Waals surface area contributed by atoms with Crippen molar-refractivity contribution in [3.63, 3.8) is 0 Å². The minimum atomic E-state index is -0.294. The van der Waals surface area contributed by atoms with E-state index in [1.54, 1.807) is 6.08 Å². The lowest BCUT2D eigenvalue weighted by atomic mass is 10.2. The fourth-order valence-electron chi connectivity index (χ4n) is 2.16. The highest BCUT2D eigenvalue weighted by Gasteiger charge is 2.31. The summed E-state index contributed by atoms with van der Waals surface area (Å²) in [5, 5.41) is 0.403. The van der Waals surface area contributed by atoms with Crippen molar-refractivity contribution in [1.29, 1.82) is 0 Å². The standard InChI is InChI=1S/C18H14ClNO3S/c1-20-17(21)16(24-18(20)22)10-13-4-2-3-5-15(13)23-11-12-6-8-14(19)9-7-12/h2-10H,11H2,1H3. The molecule has 0 N–H and O–H groups in total. The number of hydrogen-bond donors (Lipinski definition) is 0. The molecule has 1 saturated heterocycles. The van der Waals surface area contributed by atoms with E-state index in [4.69, 9.17) is 16.3 Å². The maximum atomic E-state index is 12.0. The van der Waals surface area contributed by atoms with Crippen LogP contribution in [0.5, 0.6) is 5.75 Å². The van der Waals surface area contributed by atoms with E-state index in [2.05, 4.69) is 0 Å². The molecule has 24 heavy (non-hydrogen) atoms. The summed E-state index contributed by atoms with van der Waals surface area (Å²) in [5.74, 6) is 0.354. The van der Waals surface area contributed by atoms with Gasteiger partial charge in [-0.1, -0.05) is 41.9 Å². The van der Waals surface area contributed by atoms with Crippen molar-refractivity contribution in [2.75, 3.05) is 7.05 Å². The molecule has 1 aliphatic rings. The zero-order valence-corrected chi connectivity index (χ0v) is 14.4. The van der Waals surface area contributed by atoms with E-state index in [0.29, 0.717) is 22.3 Å². The van der Waals surface area contributed by atoms with Gasteiger partial charge < -0.3 is 4.74 Å². The number of nitrogens with zero attached hydrogens (tertiary/aromatic N) is 1. The molecule has 0 atom stereocenters. The second-order valence-electron chi connectivity index (χ2n) is 5.19. The first-order chi connectivity index (χ1) is 11.5. The third kappa shape index (κ3) is 3.63. The number of imide groups is 1. The second kappa shape index (κ2) is 7.11. The number of para-hydroxylation sites is 1. The van der Waals surface area contributed by atoms with E-state index < -0.39 is 0 Å². The SMILES string of the molecule is CN1C(=O)SC(=Cc2ccccc2OCc2ccc(Cl)cc2)C1=O. The Hall–Kier alpha value is -2.24. The number of halogens is 1. The molecule has 2 aromatic rings. The third-order valence-corrected chi connectivity index (χ3v) is 4.71. The molecule has 0 aromatic heterocycles. The first-order valence-corrected chi connectivity index (χ1v) is 8.42. The van der Waals surface area contributed by atoms with Gasteiger partial charge in [0, 0.05) is 17.6 Å². The number of likely N-dealkylation sites (N-methyl/N-ethyl adjacent to an activating group) is 1. The van der Waals surface area contributed by atoms with Crippen LogP contribution in [0.2, 0.25) is 5.02 Å². The summed E-state index contributed by atoms with van der Waals surface area (Å²) in [7, 11) is 1.47. The number of ether oxygens (including phenoxy) is 1. The Morgan fingerprint density at radius 1 is 1.12 bits per heavy atom. The molecular formula is C18H14ClNO3S.